The van der Waals surface area contributed by atoms with Crippen LogP contribution in [0.2, 0.25) is 0 Å². The SMILES string of the molecule is CC(=O)O[C@@]1(C)/C(=C2\C(=O)c3ccccc3[C@]2(C)OC(C)=O)C(=O)c2ccccc21. The fourth-order valence-corrected chi connectivity index (χ4v) is 4.66. The highest BCUT2D eigenvalue weighted by molar-refractivity contribution is 6.24. The van der Waals surface area contributed by atoms with Gasteiger partial charge < -0.3 is 9.47 Å². The Kier molecular flexibility index (Phi) is 4.27. The lowest BCUT2D eigenvalue weighted by molar-refractivity contribution is -0.155. The Balaban J connectivity index is 2.10. The second-order valence-corrected chi connectivity index (χ2v) is 7.75. The van der Waals surface area contributed by atoms with E-state index in [-0.39, 0.29) is 11.1 Å². The first kappa shape index (κ1) is 19.8. The minimum atomic E-state index is -1.49. The summed E-state index contributed by atoms with van der Waals surface area (Å²) in [7, 11) is 0. The van der Waals surface area contributed by atoms with E-state index in [1.54, 1.807) is 62.4 Å². The zero-order valence-corrected chi connectivity index (χ0v) is 17.1. The first-order valence-corrected chi connectivity index (χ1v) is 9.54. The average Bonchev–Trinajstić information content (AvgIpc) is 3.01. The predicted molar refractivity (Wildman–Crippen MR) is 107 cm³/mol. The van der Waals surface area contributed by atoms with Crippen LogP contribution < -0.4 is 0 Å². The van der Waals surface area contributed by atoms with E-state index >= 15 is 0 Å². The third-order valence-corrected chi connectivity index (χ3v) is 5.73. The van der Waals surface area contributed by atoms with Crippen LogP contribution in [0.15, 0.2) is 59.7 Å². The molecular weight excluding hydrogens is 384 g/mol. The number of benzene rings is 2. The van der Waals surface area contributed by atoms with Gasteiger partial charge in [0.15, 0.2) is 22.8 Å². The van der Waals surface area contributed by atoms with Gasteiger partial charge in [-0.25, -0.2) is 0 Å². The molecule has 0 saturated carbocycles. The molecule has 0 bridgehead atoms. The van der Waals surface area contributed by atoms with E-state index in [0.717, 1.165) is 0 Å². The highest BCUT2D eigenvalue weighted by Crippen LogP contribution is 2.53. The molecule has 0 aromatic heterocycles. The Hall–Kier alpha value is -3.54. The number of rotatable bonds is 2. The van der Waals surface area contributed by atoms with Crippen LogP contribution in [0.5, 0.6) is 0 Å². The van der Waals surface area contributed by atoms with E-state index in [0.29, 0.717) is 22.3 Å². The molecule has 2 atom stereocenters. The van der Waals surface area contributed by atoms with Crippen molar-refractivity contribution in [3.8, 4) is 0 Å². The highest BCUT2D eigenvalue weighted by Gasteiger charge is 2.57. The lowest BCUT2D eigenvalue weighted by Gasteiger charge is -2.32. The quantitative estimate of drug-likeness (QED) is 0.561. The van der Waals surface area contributed by atoms with Gasteiger partial charge in [-0.2, -0.15) is 0 Å². The van der Waals surface area contributed by atoms with Crippen molar-refractivity contribution < 1.29 is 28.7 Å². The molecule has 0 amide bonds. The van der Waals surface area contributed by atoms with E-state index in [2.05, 4.69) is 0 Å². The van der Waals surface area contributed by atoms with Gasteiger partial charge in [0, 0.05) is 36.1 Å². The summed E-state index contributed by atoms with van der Waals surface area (Å²) in [6.45, 7) is 5.67. The van der Waals surface area contributed by atoms with Gasteiger partial charge in [-0.15, -0.1) is 0 Å². The van der Waals surface area contributed by atoms with Crippen molar-refractivity contribution in [2.75, 3.05) is 0 Å². The zero-order chi connectivity index (χ0) is 21.8. The number of Topliss-reactive ketones (excluding diaryl/α,β-unsaturated/α-hetero) is 2. The first-order valence-electron chi connectivity index (χ1n) is 9.54. The molecule has 6 nitrogen and oxygen atoms in total. The van der Waals surface area contributed by atoms with Crippen molar-refractivity contribution in [2.24, 2.45) is 0 Å². The van der Waals surface area contributed by atoms with Crippen LogP contribution in [0, 0.1) is 0 Å². The van der Waals surface area contributed by atoms with Crippen LogP contribution in [0.25, 0.3) is 0 Å². The van der Waals surface area contributed by atoms with Crippen molar-refractivity contribution in [3.05, 3.63) is 81.9 Å². The van der Waals surface area contributed by atoms with E-state index in [9.17, 15) is 19.2 Å². The fraction of sp³-hybridized carbons (Fsp3) is 0.250. The van der Waals surface area contributed by atoms with E-state index in [1.165, 1.54) is 13.8 Å². The van der Waals surface area contributed by atoms with Crippen LogP contribution in [-0.4, -0.2) is 23.5 Å². The maximum absolute atomic E-state index is 13.5. The fourth-order valence-electron chi connectivity index (χ4n) is 4.66. The van der Waals surface area contributed by atoms with E-state index < -0.39 is 34.7 Å². The lowest BCUT2D eigenvalue weighted by Crippen LogP contribution is -2.36. The first-order chi connectivity index (χ1) is 14.1. The largest absolute Gasteiger partial charge is 0.450 e. The number of carbonyl (C=O) groups excluding carboxylic acids is 4. The molecule has 2 aliphatic rings. The van der Waals surface area contributed by atoms with Crippen molar-refractivity contribution in [1.29, 1.82) is 0 Å². The Bertz CT molecular complexity index is 1080. The number of hydrogen-bond donors (Lipinski definition) is 0. The second kappa shape index (κ2) is 6.49. The Morgan fingerprint density at radius 3 is 1.33 bits per heavy atom. The summed E-state index contributed by atoms with van der Waals surface area (Å²) in [5.41, 5.74) is -1.28. The molecule has 152 valence electrons. The van der Waals surface area contributed by atoms with Crippen LogP contribution in [-0.2, 0) is 30.3 Å². The van der Waals surface area contributed by atoms with Gasteiger partial charge in [0.2, 0.25) is 0 Å². The van der Waals surface area contributed by atoms with Gasteiger partial charge in [-0.1, -0.05) is 48.5 Å². The maximum atomic E-state index is 13.5. The molecule has 2 aromatic rings. The summed E-state index contributed by atoms with van der Waals surface area (Å²) in [5, 5.41) is 0. The zero-order valence-electron chi connectivity index (χ0n) is 17.1. The Morgan fingerprint density at radius 2 is 1.00 bits per heavy atom. The lowest BCUT2D eigenvalue weighted by atomic mass is 9.83. The number of hydrogen-bond acceptors (Lipinski definition) is 6. The Labute approximate surface area is 173 Å². The van der Waals surface area contributed by atoms with Gasteiger partial charge in [-0.05, 0) is 13.8 Å². The minimum Gasteiger partial charge on any atom is -0.450 e. The van der Waals surface area contributed by atoms with Gasteiger partial charge in [0.1, 0.15) is 0 Å². The molecule has 0 heterocycles. The number of ketones is 2. The van der Waals surface area contributed by atoms with Crippen molar-refractivity contribution >= 4 is 23.5 Å². The molecule has 0 fully saturated rings. The van der Waals surface area contributed by atoms with Gasteiger partial charge in [0.05, 0.1) is 11.1 Å². The van der Waals surface area contributed by atoms with Gasteiger partial charge in [0.25, 0.3) is 0 Å². The number of ether oxygens (including phenoxy) is 2. The molecule has 6 heteroatoms. The topological polar surface area (TPSA) is 86.7 Å². The summed E-state index contributed by atoms with van der Waals surface area (Å²) in [6.07, 6.45) is 0. The summed E-state index contributed by atoms with van der Waals surface area (Å²) < 4.78 is 11.3. The standard InChI is InChI=1S/C24H20O6/c1-13(25)29-23(3)17-11-7-5-9-15(17)21(27)19(23)20-22(28)16-10-6-8-12-18(16)24(20,4)30-14(2)26/h5-12H,1-4H3/b20-19+/t23-,24+. The molecule has 30 heavy (non-hydrogen) atoms. The number of fused-ring (bicyclic) bond motifs is 2. The monoisotopic (exact) mass is 404 g/mol. The highest BCUT2D eigenvalue weighted by atomic mass is 16.6. The van der Waals surface area contributed by atoms with Crippen molar-refractivity contribution in [3.63, 3.8) is 0 Å². The number of esters is 2. The molecule has 0 saturated heterocycles. The molecule has 0 aliphatic heterocycles. The third-order valence-electron chi connectivity index (χ3n) is 5.73. The normalized spacial score (nSPS) is 26.9. The van der Waals surface area contributed by atoms with E-state index in [4.69, 9.17) is 9.47 Å². The summed E-state index contributed by atoms with van der Waals surface area (Å²) in [6, 6.07) is 13.5. The van der Waals surface area contributed by atoms with Crippen LogP contribution in [0.1, 0.15) is 59.5 Å². The van der Waals surface area contributed by atoms with Crippen LogP contribution >= 0.6 is 0 Å². The number of carbonyl (C=O) groups is 4. The predicted octanol–water partition coefficient (Wildman–Crippen LogP) is 3.63. The van der Waals surface area contributed by atoms with Gasteiger partial charge >= 0.3 is 11.9 Å². The van der Waals surface area contributed by atoms with Crippen LogP contribution in [0.4, 0.5) is 0 Å². The van der Waals surface area contributed by atoms with Crippen molar-refractivity contribution in [2.45, 2.75) is 38.9 Å². The molecule has 4 rings (SSSR count). The summed E-state index contributed by atoms with van der Waals surface area (Å²) in [5.74, 6) is -2.05. The molecule has 2 aliphatic carbocycles. The van der Waals surface area contributed by atoms with Crippen LogP contribution in [0.3, 0.4) is 0 Å². The molecule has 0 radical (unpaired) electrons. The summed E-state index contributed by atoms with van der Waals surface area (Å²) >= 11 is 0. The van der Waals surface area contributed by atoms with E-state index in [1.807, 2.05) is 0 Å². The Morgan fingerprint density at radius 1 is 0.667 bits per heavy atom. The third kappa shape index (κ3) is 2.56. The average molecular weight is 404 g/mol. The van der Waals surface area contributed by atoms with Gasteiger partial charge in [-0.3, -0.25) is 19.2 Å². The second-order valence-electron chi connectivity index (χ2n) is 7.75. The molecule has 2 aromatic carbocycles. The maximum Gasteiger partial charge on any atom is 0.303 e. The minimum absolute atomic E-state index is 0.0175. The molecular formula is C24H20O6. The smallest absolute Gasteiger partial charge is 0.303 e. The molecule has 0 unspecified atom stereocenters. The molecule has 0 N–H and O–H groups in total. The van der Waals surface area contributed by atoms with Crippen molar-refractivity contribution in [1.82, 2.24) is 0 Å². The summed E-state index contributed by atoms with van der Waals surface area (Å²) in [4.78, 5) is 51.0. The molecule has 0 spiro atoms.